The Hall–Kier alpha value is -4.74. The van der Waals surface area contributed by atoms with Crippen LogP contribution in [0.15, 0.2) is 101 Å². The monoisotopic (exact) mass is 608 g/mol. The lowest BCUT2D eigenvalue weighted by Crippen LogP contribution is -2.33. The van der Waals surface area contributed by atoms with Crippen LogP contribution in [0.2, 0.25) is 0 Å². The van der Waals surface area contributed by atoms with Crippen molar-refractivity contribution in [2.24, 2.45) is 5.92 Å². The van der Waals surface area contributed by atoms with Gasteiger partial charge in [0.25, 0.3) is 0 Å². The molecule has 11 heteroatoms. The van der Waals surface area contributed by atoms with Crippen LogP contribution in [0.1, 0.15) is 16.4 Å². The standard InChI is InChI=1S/C32H24N4O5S2/c1-41-23-12-10-22(11-13-23)36-29(38)26-25(20-7-4-14-33-16-20)28-31(42-27(26)30(36)39)35(32(40)43-28)17-24(37)34-21-9-8-18-5-2-3-6-19(18)15-21/h2-16,25-27H,17H2,1H3,(H,34,37). The number of carbonyl (C=O) groups excluding carboxylic acids is 3. The summed E-state index contributed by atoms with van der Waals surface area (Å²) in [7, 11) is 1.55. The number of hydrogen-bond acceptors (Lipinski definition) is 8. The third kappa shape index (κ3) is 4.70. The summed E-state index contributed by atoms with van der Waals surface area (Å²) in [6, 6.07) is 23.8. The highest BCUT2D eigenvalue weighted by Crippen LogP contribution is 2.53. The minimum Gasteiger partial charge on any atom is -0.497 e. The number of fused-ring (bicyclic) bond motifs is 3. The van der Waals surface area contributed by atoms with Crippen molar-refractivity contribution in [2.75, 3.05) is 17.3 Å². The van der Waals surface area contributed by atoms with E-state index in [0.717, 1.165) is 27.7 Å². The summed E-state index contributed by atoms with van der Waals surface area (Å²) < 4.78 is 6.65. The maximum atomic E-state index is 14.0. The summed E-state index contributed by atoms with van der Waals surface area (Å²) in [4.78, 5) is 60.2. The highest BCUT2D eigenvalue weighted by atomic mass is 32.2. The van der Waals surface area contributed by atoms with E-state index in [2.05, 4.69) is 10.3 Å². The Balaban J connectivity index is 1.24. The Morgan fingerprint density at radius 3 is 2.49 bits per heavy atom. The predicted octanol–water partition coefficient (Wildman–Crippen LogP) is 4.90. The van der Waals surface area contributed by atoms with Gasteiger partial charge in [0.1, 0.15) is 17.5 Å². The van der Waals surface area contributed by atoms with Gasteiger partial charge in [-0.25, -0.2) is 4.90 Å². The second kappa shape index (κ2) is 10.8. The molecule has 0 bridgehead atoms. The van der Waals surface area contributed by atoms with E-state index in [1.807, 2.05) is 48.5 Å². The van der Waals surface area contributed by atoms with E-state index in [9.17, 15) is 19.2 Å². The summed E-state index contributed by atoms with van der Waals surface area (Å²) in [5, 5.41) is 4.67. The van der Waals surface area contributed by atoms with Crippen LogP contribution in [0.25, 0.3) is 10.8 Å². The van der Waals surface area contributed by atoms with Crippen LogP contribution in [0.3, 0.4) is 0 Å². The minimum atomic E-state index is -0.781. The molecule has 0 saturated carbocycles. The van der Waals surface area contributed by atoms with Gasteiger partial charge in [0.2, 0.25) is 17.7 Å². The number of ether oxygens (including phenoxy) is 1. The maximum absolute atomic E-state index is 14.0. The van der Waals surface area contributed by atoms with Crippen LogP contribution >= 0.6 is 23.1 Å². The topological polar surface area (TPSA) is 111 Å². The lowest BCUT2D eigenvalue weighted by molar-refractivity contribution is -0.122. The number of rotatable bonds is 6. The number of nitrogens with zero attached hydrogens (tertiary/aromatic N) is 3. The summed E-state index contributed by atoms with van der Waals surface area (Å²) in [5.74, 6) is -1.78. The number of thiazole rings is 1. The number of anilines is 2. The first-order valence-corrected chi connectivity index (χ1v) is 15.2. The lowest BCUT2D eigenvalue weighted by atomic mass is 9.84. The molecule has 4 heterocycles. The molecule has 1 saturated heterocycles. The highest BCUT2D eigenvalue weighted by molar-refractivity contribution is 8.00. The van der Waals surface area contributed by atoms with Crippen LogP contribution in [-0.2, 0) is 20.9 Å². The molecule has 2 aromatic heterocycles. The smallest absolute Gasteiger partial charge is 0.308 e. The van der Waals surface area contributed by atoms with Gasteiger partial charge < -0.3 is 10.1 Å². The first-order valence-electron chi connectivity index (χ1n) is 13.5. The number of amides is 3. The van der Waals surface area contributed by atoms with Gasteiger partial charge in [-0.1, -0.05) is 59.5 Å². The average Bonchev–Trinajstić information content (AvgIpc) is 3.47. The average molecular weight is 609 g/mol. The van der Waals surface area contributed by atoms with Crippen molar-refractivity contribution < 1.29 is 19.1 Å². The number of methoxy groups -OCH3 is 1. The van der Waals surface area contributed by atoms with Crippen LogP contribution < -0.4 is 19.8 Å². The molecule has 0 spiro atoms. The molecule has 9 nitrogen and oxygen atoms in total. The van der Waals surface area contributed by atoms with Gasteiger partial charge in [0.05, 0.1) is 23.7 Å². The number of pyridine rings is 1. The van der Waals surface area contributed by atoms with E-state index in [1.165, 1.54) is 21.2 Å². The summed E-state index contributed by atoms with van der Waals surface area (Å²) in [6.45, 7) is -0.230. The molecule has 1 N–H and O–H groups in total. The van der Waals surface area contributed by atoms with Crippen LogP contribution in [-0.4, -0.2) is 39.6 Å². The van der Waals surface area contributed by atoms with Gasteiger partial charge in [-0.3, -0.25) is 28.7 Å². The molecule has 5 aromatic rings. The van der Waals surface area contributed by atoms with Gasteiger partial charge in [-0.05, 0) is 58.8 Å². The second-order valence-corrected chi connectivity index (χ2v) is 12.4. The fourth-order valence-electron chi connectivity index (χ4n) is 5.77. The van der Waals surface area contributed by atoms with Crippen molar-refractivity contribution in [1.29, 1.82) is 0 Å². The van der Waals surface area contributed by atoms with E-state index in [1.54, 1.807) is 49.8 Å². The van der Waals surface area contributed by atoms with Crippen molar-refractivity contribution in [1.82, 2.24) is 9.55 Å². The summed E-state index contributed by atoms with van der Waals surface area (Å²) >= 11 is 2.18. The van der Waals surface area contributed by atoms with Crippen LogP contribution in [0, 0.1) is 5.92 Å². The number of aromatic nitrogens is 2. The summed E-state index contributed by atoms with van der Waals surface area (Å²) in [5.41, 5.74) is 1.80. The van der Waals surface area contributed by atoms with Crippen LogP contribution in [0.4, 0.5) is 11.4 Å². The fourth-order valence-corrected chi connectivity index (χ4v) is 8.54. The number of benzene rings is 3. The first-order chi connectivity index (χ1) is 20.9. The van der Waals surface area contributed by atoms with Crippen molar-refractivity contribution in [3.63, 3.8) is 0 Å². The third-order valence-electron chi connectivity index (χ3n) is 7.76. The molecule has 3 amide bonds. The molecule has 1 fully saturated rings. The normalized spacial score (nSPS) is 19.3. The van der Waals surface area contributed by atoms with E-state index >= 15 is 0 Å². The number of hydrogen-bond donors (Lipinski definition) is 1. The number of carbonyl (C=O) groups is 3. The lowest BCUT2D eigenvalue weighted by Gasteiger charge is -2.30. The molecule has 0 aliphatic carbocycles. The Bertz CT molecular complexity index is 1950. The molecule has 0 radical (unpaired) electrons. The largest absolute Gasteiger partial charge is 0.497 e. The molecule has 7 rings (SSSR count). The minimum absolute atomic E-state index is 0.230. The quantitative estimate of drug-likeness (QED) is 0.273. The zero-order chi connectivity index (χ0) is 29.7. The Morgan fingerprint density at radius 1 is 0.953 bits per heavy atom. The van der Waals surface area contributed by atoms with E-state index in [-0.39, 0.29) is 29.1 Å². The number of imide groups is 1. The Kier molecular flexibility index (Phi) is 6.83. The van der Waals surface area contributed by atoms with Crippen LogP contribution in [0.5, 0.6) is 5.75 Å². The van der Waals surface area contributed by atoms with Crippen molar-refractivity contribution in [3.05, 3.63) is 111 Å². The molecule has 2 aliphatic heterocycles. The highest BCUT2D eigenvalue weighted by Gasteiger charge is 2.56. The first kappa shape index (κ1) is 27.1. The third-order valence-corrected chi connectivity index (χ3v) is 10.4. The van der Waals surface area contributed by atoms with Gasteiger partial charge in [-0.15, -0.1) is 0 Å². The Morgan fingerprint density at radius 2 is 1.74 bits per heavy atom. The molecule has 3 unspecified atom stereocenters. The number of thioether (sulfide) groups is 1. The van der Waals surface area contributed by atoms with Gasteiger partial charge in [0.15, 0.2) is 0 Å². The Labute approximate surface area is 254 Å². The molecule has 43 heavy (non-hydrogen) atoms. The van der Waals surface area contributed by atoms with Gasteiger partial charge in [-0.2, -0.15) is 0 Å². The molecule has 3 atom stereocenters. The molecular weight excluding hydrogens is 585 g/mol. The molecule has 2 aliphatic rings. The molecular formula is C32H24N4O5S2. The van der Waals surface area contributed by atoms with Crippen molar-refractivity contribution in [2.45, 2.75) is 22.7 Å². The van der Waals surface area contributed by atoms with E-state index < -0.39 is 17.1 Å². The molecule has 3 aromatic carbocycles. The zero-order valence-electron chi connectivity index (χ0n) is 22.8. The van der Waals surface area contributed by atoms with E-state index in [4.69, 9.17) is 4.74 Å². The summed E-state index contributed by atoms with van der Waals surface area (Å²) in [6.07, 6.45) is 3.30. The van der Waals surface area contributed by atoms with Crippen molar-refractivity contribution >= 4 is 63.0 Å². The van der Waals surface area contributed by atoms with Gasteiger partial charge >= 0.3 is 4.87 Å². The zero-order valence-corrected chi connectivity index (χ0v) is 24.4. The predicted molar refractivity (Wildman–Crippen MR) is 166 cm³/mol. The molecule has 214 valence electrons. The fraction of sp³-hybridized carbons (Fsp3) is 0.156. The SMILES string of the molecule is COc1ccc(N2C(=O)C3Sc4c(sc(=O)n4CC(=O)Nc4ccc5ccccc5c4)C(c4cccnc4)C3C2=O)cc1. The number of nitrogens with one attached hydrogen (secondary N) is 1. The van der Waals surface area contributed by atoms with E-state index in [0.29, 0.717) is 27.0 Å². The maximum Gasteiger partial charge on any atom is 0.308 e. The van der Waals surface area contributed by atoms with Crippen molar-refractivity contribution in [3.8, 4) is 5.75 Å². The van der Waals surface area contributed by atoms with Gasteiger partial charge in [0, 0.05) is 28.9 Å². The second-order valence-electron chi connectivity index (χ2n) is 10.3.